The van der Waals surface area contributed by atoms with Gasteiger partial charge in [0.2, 0.25) is 11.8 Å². The van der Waals surface area contributed by atoms with Gasteiger partial charge in [0, 0.05) is 25.9 Å². The molecule has 0 spiro atoms. The zero-order valence-corrected chi connectivity index (χ0v) is 8.82. The van der Waals surface area contributed by atoms with Crippen LogP contribution in [-0.4, -0.2) is 36.3 Å². The lowest BCUT2D eigenvalue weighted by atomic mass is 9.96. The summed E-state index contributed by atoms with van der Waals surface area (Å²) in [5.74, 6) is -0.0559. The Bertz CT molecular complexity index is 288. The highest BCUT2D eigenvalue weighted by molar-refractivity contribution is 5.79. The second-order valence-corrected chi connectivity index (χ2v) is 3.66. The number of nitrogens with zero attached hydrogens (tertiary/aromatic N) is 2. The highest BCUT2D eigenvalue weighted by atomic mass is 16.2. The van der Waals surface area contributed by atoms with Crippen LogP contribution in [0.3, 0.4) is 0 Å². The predicted molar refractivity (Wildman–Crippen MR) is 53.6 cm³/mol. The van der Waals surface area contributed by atoms with Gasteiger partial charge < -0.3 is 10.2 Å². The zero-order valence-electron chi connectivity index (χ0n) is 8.82. The highest BCUT2D eigenvalue weighted by Crippen LogP contribution is 2.17. The molecule has 0 aromatic heterocycles. The first-order valence-electron chi connectivity index (χ1n) is 5.05. The van der Waals surface area contributed by atoms with Crippen LogP contribution in [0, 0.1) is 17.2 Å². The number of carbonyl (C=O) groups is 2. The van der Waals surface area contributed by atoms with E-state index in [1.165, 1.54) is 6.92 Å². The molecule has 1 aliphatic heterocycles. The molecule has 1 saturated heterocycles. The number of amides is 2. The highest BCUT2D eigenvalue weighted by Gasteiger charge is 2.25. The molecule has 2 amide bonds. The third kappa shape index (κ3) is 3.24. The first-order chi connectivity index (χ1) is 7.15. The fourth-order valence-corrected chi connectivity index (χ4v) is 1.73. The quantitative estimate of drug-likeness (QED) is 0.645. The van der Waals surface area contributed by atoms with Gasteiger partial charge >= 0.3 is 0 Å². The number of rotatable bonds is 2. The molecule has 0 aromatic carbocycles. The Morgan fingerprint density at radius 3 is 2.53 bits per heavy atom. The zero-order chi connectivity index (χ0) is 11.3. The summed E-state index contributed by atoms with van der Waals surface area (Å²) >= 11 is 0. The molecule has 0 radical (unpaired) electrons. The molecule has 1 rings (SSSR count). The minimum absolute atomic E-state index is 0.0473. The average Bonchev–Trinajstić information content (AvgIpc) is 2.26. The van der Waals surface area contributed by atoms with Crippen molar-refractivity contribution >= 4 is 11.8 Å². The van der Waals surface area contributed by atoms with E-state index in [0.29, 0.717) is 25.9 Å². The van der Waals surface area contributed by atoms with Gasteiger partial charge in [-0.25, -0.2) is 0 Å². The smallest absolute Gasteiger partial charge is 0.224 e. The van der Waals surface area contributed by atoms with Gasteiger partial charge in [0.1, 0.15) is 6.54 Å². The van der Waals surface area contributed by atoms with Gasteiger partial charge in [-0.3, -0.25) is 9.59 Å². The lowest BCUT2D eigenvalue weighted by Gasteiger charge is -2.30. The van der Waals surface area contributed by atoms with Gasteiger partial charge in [-0.2, -0.15) is 5.26 Å². The molecule has 0 saturated carbocycles. The maximum absolute atomic E-state index is 11.5. The van der Waals surface area contributed by atoms with Gasteiger partial charge in [-0.1, -0.05) is 0 Å². The van der Waals surface area contributed by atoms with E-state index in [1.807, 2.05) is 6.07 Å². The Morgan fingerprint density at radius 2 is 2.07 bits per heavy atom. The number of hydrogen-bond acceptors (Lipinski definition) is 3. The van der Waals surface area contributed by atoms with Gasteiger partial charge in [0.15, 0.2) is 0 Å². The minimum atomic E-state index is -0.0697. The molecular formula is C10H15N3O2. The summed E-state index contributed by atoms with van der Waals surface area (Å²) in [4.78, 5) is 24.2. The summed E-state index contributed by atoms with van der Waals surface area (Å²) in [6.07, 6.45) is 1.38. The van der Waals surface area contributed by atoms with Crippen molar-refractivity contribution in [3.63, 3.8) is 0 Å². The lowest BCUT2D eigenvalue weighted by molar-refractivity contribution is -0.133. The van der Waals surface area contributed by atoms with Crippen molar-refractivity contribution < 1.29 is 9.59 Å². The van der Waals surface area contributed by atoms with Crippen molar-refractivity contribution in [2.75, 3.05) is 19.6 Å². The minimum Gasteiger partial charge on any atom is -0.343 e. The van der Waals surface area contributed by atoms with Crippen molar-refractivity contribution in [3.05, 3.63) is 0 Å². The van der Waals surface area contributed by atoms with Crippen LogP contribution in [0.1, 0.15) is 19.8 Å². The Morgan fingerprint density at radius 1 is 1.47 bits per heavy atom. The van der Waals surface area contributed by atoms with E-state index in [0.717, 1.165) is 0 Å². The molecule has 1 N–H and O–H groups in total. The fraction of sp³-hybridized carbons (Fsp3) is 0.700. The van der Waals surface area contributed by atoms with Gasteiger partial charge in [0.25, 0.3) is 0 Å². The summed E-state index contributed by atoms with van der Waals surface area (Å²) in [6.45, 7) is 2.88. The van der Waals surface area contributed by atoms with Crippen molar-refractivity contribution in [3.8, 4) is 6.07 Å². The lowest BCUT2D eigenvalue weighted by Crippen LogP contribution is -2.42. The maximum Gasteiger partial charge on any atom is 0.224 e. The molecule has 0 bridgehead atoms. The van der Waals surface area contributed by atoms with E-state index in [9.17, 15) is 9.59 Å². The summed E-state index contributed by atoms with van der Waals surface area (Å²) < 4.78 is 0. The molecule has 82 valence electrons. The molecule has 1 fully saturated rings. The second kappa shape index (κ2) is 5.35. The van der Waals surface area contributed by atoms with Crippen LogP contribution in [0.2, 0.25) is 0 Å². The molecule has 15 heavy (non-hydrogen) atoms. The summed E-state index contributed by atoms with van der Waals surface area (Å²) in [5, 5.41) is 10.9. The van der Waals surface area contributed by atoms with Gasteiger partial charge in [-0.05, 0) is 12.8 Å². The normalized spacial score (nSPS) is 16.9. The van der Waals surface area contributed by atoms with E-state index in [1.54, 1.807) is 4.90 Å². The molecule has 5 nitrogen and oxygen atoms in total. The summed E-state index contributed by atoms with van der Waals surface area (Å²) in [5.41, 5.74) is 0. The van der Waals surface area contributed by atoms with Crippen molar-refractivity contribution in [1.82, 2.24) is 10.2 Å². The second-order valence-electron chi connectivity index (χ2n) is 3.66. The molecule has 0 aromatic rings. The number of likely N-dealkylation sites (tertiary alicyclic amines) is 1. The summed E-state index contributed by atoms with van der Waals surface area (Å²) in [7, 11) is 0. The van der Waals surface area contributed by atoms with E-state index in [4.69, 9.17) is 5.26 Å². The number of nitriles is 1. The van der Waals surface area contributed by atoms with Crippen LogP contribution < -0.4 is 5.32 Å². The first-order valence-corrected chi connectivity index (χ1v) is 5.05. The van der Waals surface area contributed by atoms with Crippen molar-refractivity contribution in [2.45, 2.75) is 19.8 Å². The maximum atomic E-state index is 11.5. The van der Waals surface area contributed by atoms with E-state index in [2.05, 4.69) is 5.32 Å². The summed E-state index contributed by atoms with van der Waals surface area (Å²) in [6, 6.07) is 1.87. The molecule has 1 aliphatic rings. The van der Waals surface area contributed by atoms with Gasteiger partial charge in [-0.15, -0.1) is 0 Å². The SMILES string of the molecule is CC(=O)N1CCC(C(=O)NCC#N)CC1. The Balaban J connectivity index is 2.34. The van der Waals surface area contributed by atoms with Crippen LogP contribution in [0.5, 0.6) is 0 Å². The Kier molecular flexibility index (Phi) is 4.10. The molecule has 0 aliphatic carbocycles. The van der Waals surface area contributed by atoms with Crippen LogP contribution in [0.15, 0.2) is 0 Å². The van der Waals surface area contributed by atoms with Crippen LogP contribution in [0.4, 0.5) is 0 Å². The number of nitrogens with one attached hydrogen (secondary N) is 1. The molecule has 0 unspecified atom stereocenters. The third-order valence-corrected chi connectivity index (χ3v) is 2.65. The molecule has 0 atom stereocenters. The van der Waals surface area contributed by atoms with E-state index in [-0.39, 0.29) is 24.3 Å². The van der Waals surface area contributed by atoms with Crippen LogP contribution in [-0.2, 0) is 9.59 Å². The fourth-order valence-electron chi connectivity index (χ4n) is 1.73. The van der Waals surface area contributed by atoms with Crippen LogP contribution >= 0.6 is 0 Å². The first kappa shape index (κ1) is 11.5. The molecular weight excluding hydrogens is 194 g/mol. The predicted octanol–water partition coefficient (Wildman–Crippen LogP) is -0.115. The monoisotopic (exact) mass is 209 g/mol. The number of carbonyl (C=O) groups excluding carboxylic acids is 2. The van der Waals surface area contributed by atoms with E-state index < -0.39 is 0 Å². The number of piperidine rings is 1. The molecule has 5 heteroatoms. The van der Waals surface area contributed by atoms with E-state index >= 15 is 0 Å². The Hall–Kier alpha value is -1.57. The topological polar surface area (TPSA) is 73.2 Å². The van der Waals surface area contributed by atoms with Crippen LogP contribution in [0.25, 0.3) is 0 Å². The molecule has 1 heterocycles. The largest absolute Gasteiger partial charge is 0.343 e. The van der Waals surface area contributed by atoms with Crippen molar-refractivity contribution in [1.29, 1.82) is 5.26 Å². The van der Waals surface area contributed by atoms with Gasteiger partial charge in [0.05, 0.1) is 6.07 Å². The third-order valence-electron chi connectivity index (χ3n) is 2.65. The average molecular weight is 209 g/mol. The Labute approximate surface area is 89.0 Å². The van der Waals surface area contributed by atoms with Crippen molar-refractivity contribution in [2.24, 2.45) is 5.92 Å². The standard InChI is InChI=1S/C10H15N3O2/c1-8(14)13-6-2-9(3-7-13)10(15)12-5-4-11/h9H,2-3,5-7H2,1H3,(H,12,15). The number of hydrogen-bond donors (Lipinski definition) is 1.